The van der Waals surface area contributed by atoms with Crippen molar-refractivity contribution in [2.24, 2.45) is 5.73 Å². The first-order chi connectivity index (χ1) is 12.5. The lowest BCUT2D eigenvalue weighted by Crippen LogP contribution is -2.29. The summed E-state index contributed by atoms with van der Waals surface area (Å²) < 4.78 is 0. The molecule has 0 spiro atoms. The molecular formula is C19H17N4O3. The van der Waals surface area contributed by atoms with Gasteiger partial charge in [0.05, 0.1) is 0 Å². The third-order valence-corrected chi connectivity index (χ3v) is 3.90. The summed E-state index contributed by atoms with van der Waals surface area (Å²) in [6.07, 6.45) is 1.41. The highest BCUT2D eigenvalue weighted by Crippen LogP contribution is 2.23. The normalized spacial score (nSPS) is 11.9. The van der Waals surface area contributed by atoms with E-state index < -0.39 is 17.9 Å². The van der Waals surface area contributed by atoms with E-state index in [0.29, 0.717) is 22.5 Å². The molecule has 6 N–H and O–H groups in total. The largest absolute Gasteiger partial charge is 0.383 e. The summed E-state index contributed by atoms with van der Waals surface area (Å²) in [7, 11) is 0. The van der Waals surface area contributed by atoms with Crippen molar-refractivity contribution in [3.8, 4) is 0 Å². The second-order valence-electron chi connectivity index (χ2n) is 5.68. The third-order valence-electron chi connectivity index (χ3n) is 3.90. The number of anilines is 2. The smallest absolute Gasteiger partial charge is 0.253 e. The number of aromatic nitrogens is 1. The number of aliphatic hydroxyl groups is 1. The first-order valence-electron chi connectivity index (χ1n) is 7.82. The number of nitrogens with zero attached hydrogens (tertiary/aromatic N) is 1. The molecule has 26 heavy (non-hydrogen) atoms. The van der Waals surface area contributed by atoms with E-state index in [1.54, 1.807) is 48.7 Å². The number of nitrogen functional groups attached to an aromatic ring is 1. The van der Waals surface area contributed by atoms with Gasteiger partial charge < -0.3 is 21.9 Å². The molecule has 2 aromatic carbocycles. The first kappa shape index (κ1) is 17.4. The van der Waals surface area contributed by atoms with E-state index in [1.807, 2.05) is 0 Å². The Balaban J connectivity index is 1.76. The minimum Gasteiger partial charge on any atom is -0.383 e. The topological polar surface area (TPSA) is 131 Å². The molecule has 1 aromatic heterocycles. The van der Waals surface area contributed by atoms with Crippen molar-refractivity contribution in [3.63, 3.8) is 0 Å². The summed E-state index contributed by atoms with van der Waals surface area (Å²) in [5.41, 5.74) is 12.2. The number of amides is 2. The SMILES string of the molecule is NC(=O)c1ccccc1[CH]C(O)C(=O)Nc1ccc2ccnc(N)c2c1. The second kappa shape index (κ2) is 7.20. The number of primary amides is 1. The van der Waals surface area contributed by atoms with Crippen molar-refractivity contribution < 1.29 is 14.7 Å². The van der Waals surface area contributed by atoms with Gasteiger partial charge in [0.15, 0.2) is 0 Å². The predicted octanol–water partition coefficient (Wildman–Crippen LogP) is 1.47. The van der Waals surface area contributed by atoms with Gasteiger partial charge in [0.25, 0.3) is 5.91 Å². The average molecular weight is 349 g/mol. The van der Waals surface area contributed by atoms with Gasteiger partial charge in [-0.15, -0.1) is 0 Å². The fourth-order valence-corrected chi connectivity index (χ4v) is 2.60. The van der Waals surface area contributed by atoms with Crippen molar-refractivity contribution in [2.75, 3.05) is 11.1 Å². The van der Waals surface area contributed by atoms with Gasteiger partial charge in [-0.25, -0.2) is 4.98 Å². The molecule has 3 aromatic rings. The maximum absolute atomic E-state index is 12.3. The molecule has 0 aliphatic rings. The third kappa shape index (κ3) is 3.62. The Morgan fingerprint density at radius 2 is 1.92 bits per heavy atom. The Morgan fingerprint density at radius 3 is 2.69 bits per heavy atom. The second-order valence-corrected chi connectivity index (χ2v) is 5.68. The maximum Gasteiger partial charge on any atom is 0.253 e. The van der Waals surface area contributed by atoms with E-state index >= 15 is 0 Å². The van der Waals surface area contributed by atoms with Gasteiger partial charge in [0, 0.05) is 29.3 Å². The zero-order valence-electron chi connectivity index (χ0n) is 13.7. The molecule has 0 fully saturated rings. The monoisotopic (exact) mass is 349 g/mol. The number of hydrogen-bond acceptors (Lipinski definition) is 5. The number of nitrogens with two attached hydrogens (primary N) is 2. The summed E-state index contributed by atoms with van der Waals surface area (Å²) in [5.74, 6) is -0.936. The molecular weight excluding hydrogens is 332 g/mol. The maximum atomic E-state index is 12.3. The van der Waals surface area contributed by atoms with Crippen LogP contribution in [0, 0.1) is 6.42 Å². The van der Waals surface area contributed by atoms with Gasteiger partial charge in [0.1, 0.15) is 11.9 Å². The Morgan fingerprint density at radius 1 is 1.15 bits per heavy atom. The van der Waals surface area contributed by atoms with Crippen molar-refractivity contribution in [3.05, 3.63) is 72.3 Å². The lowest BCUT2D eigenvalue weighted by atomic mass is 10.0. The standard InChI is InChI=1S/C19H17N4O3/c20-17-15-10-13(6-5-11(15)7-8-22-17)23-19(26)16(24)9-12-3-1-2-4-14(12)18(21)25/h1-10,16,24H,(H2,20,22)(H2,21,25)(H,23,26). The summed E-state index contributed by atoms with van der Waals surface area (Å²) in [6, 6.07) is 13.4. The molecule has 131 valence electrons. The van der Waals surface area contributed by atoms with Crippen LogP contribution in [-0.4, -0.2) is 28.0 Å². The fraction of sp³-hybridized carbons (Fsp3) is 0.0526. The van der Waals surface area contributed by atoms with Crippen LogP contribution in [0.5, 0.6) is 0 Å². The quantitative estimate of drug-likeness (QED) is 0.554. The number of pyridine rings is 1. The number of nitrogens with one attached hydrogen (secondary N) is 1. The highest BCUT2D eigenvalue weighted by molar-refractivity contribution is 6.00. The van der Waals surface area contributed by atoms with E-state index in [0.717, 1.165) is 5.39 Å². The molecule has 3 rings (SSSR count). The van der Waals surface area contributed by atoms with Gasteiger partial charge in [-0.1, -0.05) is 24.3 Å². The molecule has 0 saturated heterocycles. The molecule has 7 nitrogen and oxygen atoms in total. The molecule has 0 saturated carbocycles. The number of rotatable bonds is 5. The molecule has 0 bridgehead atoms. The van der Waals surface area contributed by atoms with Crippen LogP contribution in [0.2, 0.25) is 0 Å². The minimum absolute atomic E-state index is 0.226. The molecule has 7 heteroatoms. The molecule has 0 aliphatic heterocycles. The van der Waals surface area contributed by atoms with Crippen LogP contribution in [0.25, 0.3) is 10.8 Å². The van der Waals surface area contributed by atoms with Crippen LogP contribution < -0.4 is 16.8 Å². The van der Waals surface area contributed by atoms with Gasteiger partial charge in [0.2, 0.25) is 5.91 Å². The lowest BCUT2D eigenvalue weighted by Gasteiger charge is -2.13. The Kier molecular flexibility index (Phi) is 4.81. The van der Waals surface area contributed by atoms with Gasteiger partial charge >= 0.3 is 0 Å². The summed E-state index contributed by atoms with van der Waals surface area (Å²) in [5, 5.41) is 14.3. The van der Waals surface area contributed by atoms with Crippen LogP contribution >= 0.6 is 0 Å². The molecule has 1 radical (unpaired) electrons. The van der Waals surface area contributed by atoms with Crippen LogP contribution in [0.1, 0.15) is 15.9 Å². The molecule has 1 unspecified atom stereocenters. The van der Waals surface area contributed by atoms with E-state index in [2.05, 4.69) is 10.3 Å². The number of carbonyl (C=O) groups is 2. The number of carbonyl (C=O) groups excluding carboxylic acids is 2. The zero-order valence-corrected chi connectivity index (χ0v) is 13.7. The first-order valence-corrected chi connectivity index (χ1v) is 7.82. The summed E-state index contributed by atoms with van der Waals surface area (Å²) in [6.45, 7) is 0. The van der Waals surface area contributed by atoms with E-state index in [-0.39, 0.29) is 5.56 Å². The van der Waals surface area contributed by atoms with Crippen molar-refractivity contribution in [1.29, 1.82) is 0 Å². The molecule has 1 atom stereocenters. The number of aliphatic hydroxyl groups excluding tert-OH is 1. The minimum atomic E-state index is -1.46. The van der Waals surface area contributed by atoms with Gasteiger partial charge in [-0.3, -0.25) is 9.59 Å². The highest BCUT2D eigenvalue weighted by Gasteiger charge is 2.19. The van der Waals surface area contributed by atoms with Crippen molar-refractivity contribution in [2.45, 2.75) is 6.10 Å². The molecule has 0 aliphatic carbocycles. The van der Waals surface area contributed by atoms with E-state index in [9.17, 15) is 14.7 Å². The Hall–Kier alpha value is -3.45. The van der Waals surface area contributed by atoms with Crippen molar-refractivity contribution in [1.82, 2.24) is 4.98 Å². The average Bonchev–Trinajstić information content (AvgIpc) is 2.62. The Bertz CT molecular complexity index is 987. The van der Waals surface area contributed by atoms with E-state index in [4.69, 9.17) is 11.5 Å². The van der Waals surface area contributed by atoms with Crippen LogP contribution in [-0.2, 0) is 4.79 Å². The van der Waals surface area contributed by atoms with Crippen molar-refractivity contribution >= 4 is 34.1 Å². The number of hydrogen-bond donors (Lipinski definition) is 4. The number of fused-ring (bicyclic) bond motifs is 1. The summed E-state index contributed by atoms with van der Waals surface area (Å²) >= 11 is 0. The predicted molar refractivity (Wildman–Crippen MR) is 99.2 cm³/mol. The van der Waals surface area contributed by atoms with Gasteiger partial charge in [-0.05, 0) is 35.2 Å². The van der Waals surface area contributed by atoms with E-state index in [1.165, 1.54) is 12.5 Å². The Labute approximate surface area is 149 Å². The highest BCUT2D eigenvalue weighted by atomic mass is 16.3. The zero-order chi connectivity index (χ0) is 18.7. The van der Waals surface area contributed by atoms with Crippen LogP contribution in [0.3, 0.4) is 0 Å². The van der Waals surface area contributed by atoms with Crippen LogP contribution in [0.4, 0.5) is 11.5 Å². The fourth-order valence-electron chi connectivity index (χ4n) is 2.60. The molecule has 2 amide bonds. The lowest BCUT2D eigenvalue weighted by molar-refractivity contribution is -0.122. The molecule has 1 heterocycles. The number of benzene rings is 2. The summed E-state index contributed by atoms with van der Waals surface area (Å²) in [4.78, 5) is 27.7. The van der Waals surface area contributed by atoms with Gasteiger partial charge in [-0.2, -0.15) is 0 Å². The van der Waals surface area contributed by atoms with Crippen LogP contribution in [0.15, 0.2) is 54.7 Å².